The van der Waals surface area contributed by atoms with Crippen LogP contribution in [0.25, 0.3) is 93.2 Å². The molecule has 12 rings (SSSR count). The Morgan fingerprint density at radius 3 is 1.47 bits per heavy atom. The number of benzene rings is 11. The molecule has 0 radical (unpaired) electrons. The highest BCUT2D eigenvalue weighted by atomic mass is 15.1. The number of hydrogen-bond acceptors (Lipinski definition) is 1. The maximum atomic E-state index is 2.42. The first-order valence-corrected chi connectivity index (χ1v) is 21.3. The van der Waals surface area contributed by atoms with Gasteiger partial charge in [-0.3, -0.25) is 0 Å². The van der Waals surface area contributed by atoms with Gasteiger partial charge in [0.15, 0.2) is 0 Å². The summed E-state index contributed by atoms with van der Waals surface area (Å²) in [5, 5.41) is 10.1. The van der Waals surface area contributed by atoms with Crippen LogP contribution in [-0.2, 0) is 0 Å². The second kappa shape index (κ2) is 14.8. The van der Waals surface area contributed by atoms with E-state index in [4.69, 9.17) is 0 Å². The van der Waals surface area contributed by atoms with Crippen LogP contribution in [0.3, 0.4) is 0 Å². The molecule has 2 heteroatoms. The van der Waals surface area contributed by atoms with Gasteiger partial charge in [-0.1, -0.05) is 182 Å². The predicted octanol–water partition coefficient (Wildman–Crippen LogP) is 16.7. The molecule has 1 aromatic heterocycles. The van der Waals surface area contributed by atoms with E-state index < -0.39 is 0 Å². The molecule has 62 heavy (non-hydrogen) atoms. The van der Waals surface area contributed by atoms with Crippen molar-refractivity contribution in [2.75, 3.05) is 4.90 Å². The van der Waals surface area contributed by atoms with E-state index in [0.29, 0.717) is 0 Å². The van der Waals surface area contributed by atoms with Gasteiger partial charge in [-0.05, 0) is 121 Å². The van der Waals surface area contributed by atoms with Crippen LogP contribution in [0.4, 0.5) is 17.1 Å². The zero-order valence-electron chi connectivity index (χ0n) is 34.0. The minimum Gasteiger partial charge on any atom is -0.310 e. The molecule has 0 aliphatic heterocycles. The minimum absolute atomic E-state index is 1.09. The van der Waals surface area contributed by atoms with Crippen LogP contribution in [0, 0.1) is 0 Å². The molecule has 0 fully saturated rings. The van der Waals surface area contributed by atoms with Crippen LogP contribution >= 0.6 is 0 Å². The van der Waals surface area contributed by atoms with Gasteiger partial charge in [0, 0.05) is 33.4 Å². The number of nitrogens with zero attached hydrogens (tertiary/aromatic N) is 2. The van der Waals surface area contributed by atoms with Crippen LogP contribution in [0.2, 0.25) is 0 Å². The number of rotatable bonds is 7. The van der Waals surface area contributed by atoms with Crippen molar-refractivity contribution < 1.29 is 0 Å². The lowest BCUT2D eigenvalue weighted by molar-refractivity contribution is 1.18. The summed E-state index contributed by atoms with van der Waals surface area (Å²) in [6, 6.07) is 88.5. The Kier molecular flexibility index (Phi) is 8.53. The summed E-state index contributed by atoms with van der Waals surface area (Å²) in [4.78, 5) is 2.39. The topological polar surface area (TPSA) is 8.17 Å². The zero-order valence-corrected chi connectivity index (χ0v) is 34.0. The molecule has 0 saturated carbocycles. The fourth-order valence-electron chi connectivity index (χ4n) is 9.61. The smallest absolute Gasteiger partial charge is 0.0541 e. The molecule has 0 amide bonds. The van der Waals surface area contributed by atoms with Gasteiger partial charge >= 0.3 is 0 Å². The van der Waals surface area contributed by atoms with Crippen LogP contribution < -0.4 is 4.90 Å². The van der Waals surface area contributed by atoms with Crippen molar-refractivity contribution in [3.8, 4) is 39.1 Å². The average Bonchev–Trinajstić information content (AvgIpc) is 3.68. The van der Waals surface area contributed by atoms with Crippen molar-refractivity contribution >= 4 is 71.2 Å². The molecule has 12 aromatic rings. The molecule has 0 aliphatic carbocycles. The molecule has 2 nitrogen and oxygen atoms in total. The standard InChI is InChI=1S/C60H40N2/c1-2-14-41(15-3-1)45-17-12-19-49(38-45)61(50-20-13-18-46(39-50)47-29-28-44-33-36-53-51-21-5-4-16-42(51)32-37-54(53)57(44)40-47)48-34-30-43(31-35-48)52-22-6-9-25-58(52)62-59-26-10-7-23-55(59)56-24-8-11-27-60(56)62/h1-40H. The molecule has 11 aromatic carbocycles. The highest BCUT2D eigenvalue weighted by molar-refractivity contribution is 6.18. The molecular formula is C60H40N2. The fourth-order valence-corrected chi connectivity index (χ4v) is 9.61. The minimum atomic E-state index is 1.09. The van der Waals surface area contributed by atoms with E-state index in [-0.39, 0.29) is 0 Å². The van der Waals surface area contributed by atoms with E-state index in [9.17, 15) is 0 Å². The van der Waals surface area contributed by atoms with Crippen molar-refractivity contribution in [3.05, 3.63) is 243 Å². The monoisotopic (exact) mass is 788 g/mol. The van der Waals surface area contributed by atoms with Gasteiger partial charge in [0.2, 0.25) is 0 Å². The first kappa shape index (κ1) is 35.7. The number of aromatic nitrogens is 1. The Morgan fingerprint density at radius 2 is 0.758 bits per heavy atom. The highest BCUT2D eigenvalue weighted by Crippen LogP contribution is 2.42. The Balaban J connectivity index is 0.983. The third kappa shape index (κ3) is 6.04. The zero-order chi connectivity index (χ0) is 41.0. The van der Waals surface area contributed by atoms with E-state index in [2.05, 4.69) is 252 Å². The lowest BCUT2D eigenvalue weighted by Gasteiger charge is -2.27. The maximum absolute atomic E-state index is 2.42. The lowest BCUT2D eigenvalue weighted by Crippen LogP contribution is -2.10. The summed E-state index contributed by atoms with van der Waals surface area (Å²) in [5.74, 6) is 0. The normalized spacial score (nSPS) is 11.5. The van der Waals surface area contributed by atoms with Crippen LogP contribution in [0.1, 0.15) is 0 Å². The summed E-state index contributed by atoms with van der Waals surface area (Å²) >= 11 is 0. The van der Waals surface area contributed by atoms with Crippen LogP contribution in [-0.4, -0.2) is 4.57 Å². The predicted molar refractivity (Wildman–Crippen MR) is 264 cm³/mol. The second-order valence-corrected chi connectivity index (χ2v) is 16.1. The first-order chi connectivity index (χ1) is 30.7. The van der Waals surface area contributed by atoms with Crippen molar-refractivity contribution in [1.29, 1.82) is 0 Å². The molecule has 290 valence electrons. The Labute approximate surface area is 360 Å². The molecular weight excluding hydrogens is 749 g/mol. The van der Waals surface area contributed by atoms with Crippen molar-refractivity contribution in [2.45, 2.75) is 0 Å². The summed E-state index contributed by atoms with van der Waals surface area (Å²) in [7, 11) is 0. The van der Waals surface area contributed by atoms with Crippen molar-refractivity contribution in [1.82, 2.24) is 4.57 Å². The summed E-state index contributed by atoms with van der Waals surface area (Å²) < 4.78 is 2.42. The maximum Gasteiger partial charge on any atom is 0.0541 e. The van der Waals surface area contributed by atoms with Gasteiger partial charge in [0.25, 0.3) is 0 Å². The van der Waals surface area contributed by atoms with Crippen LogP contribution in [0.15, 0.2) is 243 Å². The average molecular weight is 789 g/mol. The quantitative estimate of drug-likeness (QED) is 0.146. The molecule has 0 atom stereocenters. The largest absolute Gasteiger partial charge is 0.310 e. The van der Waals surface area contributed by atoms with Gasteiger partial charge in [-0.15, -0.1) is 0 Å². The number of fused-ring (bicyclic) bond motifs is 8. The number of hydrogen-bond donors (Lipinski definition) is 0. The first-order valence-electron chi connectivity index (χ1n) is 21.3. The van der Waals surface area contributed by atoms with E-state index in [0.717, 1.165) is 28.3 Å². The molecule has 0 spiro atoms. The van der Waals surface area contributed by atoms with Gasteiger partial charge in [0.1, 0.15) is 0 Å². The van der Waals surface area contributed by atoms with E-state index in [1.165, 1.54) is 81.9 Å². The number of para-hydroxylation sites is 3. The highest BCUT2D eigenvalue weighted by Gasteiger charge is 2.18. The Morgan fingerprint density at radius 1 is 0.258 bits per heavy atom. The van der Waals surface area contributed by atoms with Crippen molar-refractivity contribution in [2.24, 2.45) is 0 Å². The van der Waals surface area contributed by atoms with Crippen molar-refractivity contribution in [3.63, 3.8) is 0 Å². The molecule has 1 heterocycles. The molecule has 0 N–H and O–H groups in total. The SMILES string of the molecule is c1ccc(-c2cccc(N(c3ccc(-c4ccccc4-n4c5ccccc5c5ccccc54)cc3)c3cccc(-c4ccc5ccc6c7ccccc7ccc6c5c4)c3)c2)cc1. The van der Waals surface area contributed by atoms with Gasteiger partial charge < -0.3 is 9.47 Å². The number of anilines is 3. The lowest BCUT2D eigenvalue weighted by atomic mass is 9.94. The van der Waals surface area contributed by atoms with Crippen LogP contribution in [0.5, 0.6) is 0 Å². The summed E-state index contributed by atoms with van der Waals surface area (Å²) in [5.41, 5.74) is 13.9. The van der Waals surface area contributed by atoms with E-state index >= 15 is 0 Å². The molecule has 0 unspecified atom stereocenters. The third-order valence-electron chi connectivity index (χ3n) is 12.6. The summed E-state index contributed by atoms with van der Waals surface area (Å²) in [6.07, 6.45) is 0. The fraction of sp³-hybridized carbons (Fsp3) is 0. The summed E-state index contributed by atoms with van der Waals surface area (Å²) in [6.45, 7) is 0. The molecule has 0 bridgehead atoms. The van der Waals surface area contributed by atoms with Gasteiger partial charge in [0.05, 0.1) is 16.7 Å². The van der Waals surface area contributed by atoms with E-state index in [1.54, 1.807) is 0 Å². The molecule has 0 saturated heterocycles. The Hall–Kier alpha value is -8.20. The van der Waals surface area contributed by atoms with Gasteiger partial charge in [-0.2, -0.15) is 0 Å². The van der Waals surface area contributed by atoms with Gasteiger partial charge in [-0.25, -0.2) is 0 Å². The second-order valence-electron chi connectivity index (χ2n) is 16.1. The molecule has 0 aliphatic rings. The van der Waals surface area contributed by atoms with E-state index in [1.807, 2.05) is 0 Å². The third-order valence-corrected chi connectivity index (χ3v) is 12.6. The Bertz CT molecular complexity index is 3580.